The number of nitrogen functional groups attached to an aromatic ring is 1. The molecule has 0 saturated carbocycles. The van der Waals surface area contributed by atoms with Crippen LogP contribution < -0.4 is 11.4 Å². The molecule has 12 heavy (non-hydrogen) atoms. The lowest BCUT2D eigenvalue weighted by atomic mass is 10.3. The first-order chi connectivity index (χ1) is 5.43. The highest BCUT2D eigenvalue weighted by Crippen LogP contribution is 2.25. The van der Waals surface area contributed by atoms with E-state index in [0.717, 1.165) is 12.3 Å². The van der Waals surface area contributed by atoms with Crippen LogP contribution in [0.4, 0.5) is 13.2 Å². The zero-order valence-electron chi connectivity index (χ0n) is 5.80. The quantitative estimate of drug-likeness (QED) is 0.591. The number of pyridine rings is 1. The molecule has 1 aromatic rings. The molecule has 0 fully saturated rings. The van der Waals surface area contributed by atoms with Gasteiger partial charge in [-0.05, 0) is 12.1 Å². The molecule has 0 aromatic carbocycles. The molecule has 1 aromatic heterocycles. The van der Waals surface area contributed by atoms with Crippen LogP contribution in [0, 0.1) is 0 Å². The van der Waals surface area contributed by atoms with Crippen LogP contribution in [0.1, 0.15) is 5.56 Å². The monoisotopic (exact) mass is 178 g/mol. The van der Waals surface area contributed by atoms with Crippen molar-refractivity contribution in [2.24, 2.45) is 0 Å². The Morgan fingerprint density at radius 3 is 2.42 bits per heavy atom. The lowest BCUT2D eigenvalue weighted by Gasteiger charge is -2.05. The van der Waals surface area contributed by atoms with Crippen LogP contribution in [-0.4, -0.2) is 4.68 Å². The summed E-state index contributed by atoms with van der Waals surface area (Å²) in [6.07, 6.45) is -3.59. The minimum Gasteiger partial charge on any atom is -0.336 e. The second-order valence-electron chi connectivity index (χ2n) is 2.13. The third kappa shape index (κ3) is 1.41. The first-order valence-corrected chi connectivity index (χ1v) is 2.97. The van der Waals surface area contributed by atoms with Gasteiger partial charge in [-0.25, -0.2) is 4.68 Å². The van der Waals surface area contributed by atoms with Crippen LogP contribution in [0.15, 0.2) is 23.1 Å². The highest BCUT2D eigenvalue weighted by atomic mass is 19.4. The Bertz CT molecular complexity index is 341. The summed E-state index contributed by atoms with van der Waals surface area (Å²) in [4.78, 5) is 10.7. The number of nitrogens with two attached hydrogens (primary N) is 1. The number of rotatable bonds is 0. The van der Waals surface area contributed by atoms with Crippen molar-refractivity contribution in [1.82, 2.24) is 4.68 Å². The van der Waals surface area contributed by atoms with E-state index in [-0.39, 0.29) is 0 Å². The van der Waals surface area contributed by atoms with E-state index >= 15 is 0 Å². The van der Waals surface area contributed by atoms with Gasteiger partial charge in [0, 0.05) is 6.20 Å². The van der Waals surface area contributed by atoms with Gasteiger partial charge in [-0.2, -0.15) is 13.2 Å². The Kier molecular flexibility index (Phi) is 1.83. The minimum absolute atomic E-state index is 0.392. The second-order valence-corrected chi connectivity index (χ2v) is 2.13. The van der Waals surface area contributed by atoms with E-state index in [4.69, 9.17) is 5.84 Å². The van der Waals surface area contributed by atoms with Gasteiger partial charge in [0.1, 0.15) is 5.56 Å². The van der Waals surface area contributed by atoms with Crippen LogP contribution >= 0.6 is 0 Å². The van der Waals surface area contributed by atoms with Crippen molar-refractivity contribution in [3.8, 4) is 0 Å². The molecule has 0 spiro atoms. The minimum atomic E-state index is -4.64. The number of aromatic nitrogens is 1. The summed E-state index contributed by atoms with van der Waals surface area (Å²) in [5.41, 5.74) is -2.50. The van der Waals surface area contributed by atoms with Gasteiger partial charge in [0.2, 0.25) is 0 Å². The molecule has 0 aliphatic heterocycles. The van der Waals surface area contributed by atoms with Crippen molar-refractivity contribution in [2.75, 3.05) is 5.84 Å². The van der Waals surface area contributed by atoms with E-state index in [1.165, 1.54) is 0 Å². The number of nitrogens with zero attached hydrogens (tertiary/aromatic N) is 1. The van der Waals surface area contributed by atoms with Crippen molar-refractivity contribution in [3.05, 3.63) is 34.2 Å². The maximum atomic E-state index is 12.0. The molecule has 1 rings (SSSR count). The summed E-state index contributed by atoms with van der Waals surface area (Å²) in [6, 6.07) is 1.75. The second kappa shape index (κ2) is 2.54. The van der Waals surface area contributed by atoms with Crippen molar-refractivity contribution < 1.29 is 13.2 Å². The topological polar surface area (TPSA) is 48.0 Å². The van der Waals surface area contributed by atoms with E-state index in [0.29, 0.717) is 10.7 Å². The van der Waals surface area contributed by atoms with Crippen LogP contribution in [-0.2, 0) is 6.18 Å². The molecule has 1 heterocycles. The average molecular weight is 178 g/mol. The van der Waals surface area contributed by atoms with Gasteiger partial charge in [-0.15, -0.1) is 0 Å². The Balaban J connectivity index is 3.37. The lowest BCUT2D eigenvalue weighted by molar-refractivity contribution is -0.138. The highest BCUT2D eigenvalue weighted by molar-refractivity contribution is 5.13. The zero-order chi connectivity index (χ0) is 9.35. The molecule has 0 aliphatic rings. The zero-order valence-corrected chi connectivity index (χ0v) is 5.80. The third-order valence-corrected chi connectivity index (χ3v) is 1.28. The summed E-state index contributed by atoms with van der Waals surface area (Å²) in [6.45, 7) is 0. The van der Waals surface area contributed by atoms with Gasteiger partial charge in [-0.1, -0.05) is 0 Å². The SMILES string of the molecule is Nn1cccc(C(F)(F)F)c1=O. The molecule has 66 valence electrons. The lowest BCUT2D eigenvalue weighted by Crippen LogP contribution is -2.32. The molecule has 0 bridgehead atoms. The van der Waals surface area contributed by atoms with E-state index in [2.05, 4.69) is 0 Å². The van der Waals surface area contributed by atoms with Gasteiger partial charge < -0.3 is 5.84 Å². The van der Waals surface area contributed by atoms with Crippen LogP contribution in [0.5, 0.6) is 0 Å². The van der Waals surface area contributed by atoms with Crippen molar-refractivity contribution in [3.63, 3.8) is 0 Å². The number of alkyl halides is 3. The van der Waals surface area contributed by atoms with Crippen LogP contribution in [0.3, 0.4) is 0 Å². The van der Waals surface area contributed by atoms with Crippen LogP contribution in [0.2, 0.25) is 0 Å². The third-order valence-electron chi connectivity index (χ3n) is 1.28. The van der Waals surface area contributed by atoms with E-state index in [9.17, 15) is 18.0 Å². The molecule has 0 aliphatic carbocycles. The number of hydrogen-bond donors (Lipinski definition) is 1. The Hall–Kier alpha value is -1.46. The van der Waals surface area contributed by atoms with Crippen molar-refractivity contribution in [1.29, 1.82) is 0 Å². The fourth-order valence-electron chi connectivity index (χ4n) is 0.726. The fourth-order valence-corrected chi connectivity index (χ4v) is 0.726. The molecule has 6 heteroatoms. The van der Waals surface area contributed by atoms with E-state index < -0.39 is 17.3 Å². The molecule has 0 saturated heterocycles. The fraction of sp³-hybridized carbons (Fsp3) is 0.167. The molecule has 3 nitrogen and oxygen atoms in total. The summed E-state index contributed by atoms with van der Waals surface area (Å²) in [7, 11) is 0. The van der Waals surface area contributed by atoms with E-state index in [1.54, 1.807) is 0 Å². The summed E-state index contributed by atoms with van der Waals surface area (Å²) in [5, 5.41) is 0. The maximum absolute atomic E-state index is 12.0. The number of halogens is 3. The summed E-state index contributed by atoms with van der Waals surface area (Å²) >= 11 is 0. The maximum Gasteiger partial charge on any atom is 0.421 e. The highest BCUT2D eigenvalue weighted by Gasteiger charge is 2.33. The van der Waals surface area contributed by atoms with Gasteiger partial charge in [0.25, 0.3) is 5.56 Å². The molecule has 0 atom stereocenters. The smallest absolute Gasteiger partial charge is 0.336 e. The van der Waals surface area contributed by atoms with Gasteiger partial charge in [0.15, 0.2) is 0 Å². The predicted octanol–water partition coefficient (Wildman–Crippen LogP) is 0.581. The first-order valence-electron chi connectivity index (χ1n) is 2.97. The average Bonchev–Trinajstić information content (AvgIpc) is 1.92. The van der Waals surface area contributed by atoms with Crippen molar-refractivity contribution in [2.45, 2.75) is 6.18 Å². The van der Waals surface area contributed by atoms with Crippen molar-refractivity contribution >= 4 is 0 Å². The predicted molar refractivity (Wildman–Crippen MR) is 35.9 cm³/mol. The normalized spacial score (nSPS) is 11.6. The molecule has 0 amide bonds. The molecule has 2 N–H and O–H groups in total. The van der Waals surface area contributed by atoms with Gasteiger partial charge in [-0.3, -0.25) is 4.79 Å². The molecular weight excluding hydrogens is 173 g/mol. The molecule has 0 unspecified atom stereocenters. The Morgan fingerprint density at radius 2 is 2.00 bits per heavy atom. The first kappa shape index (κ1) is 8.63. The van der Waals surface area contributed by atoms with Crippen LogP contribution in [0.25, 0.3) is 0 Å². The summed E-state index contributed by atoms with van der Waals surface area (Å²) < 4.78 is 36.3. The standard InChI is InChI=1S/C6H5F3N2O/c7-6(8,9)4-2-1-3-11(10)5(4)12/h1-3H,10H2. The summed E-state index contributed by atoms with van der Waals surface area (Å²) in [5.74, 6) is 4.92. The Morgan fingerprint density at radius 1 is 1.42 bits per heavy atom. The Labute approximate surface area is 65.2 Å². The molecule has 0 radical (unpaired) electrons. The van der Waals surface area contributed by atoms with E-state index in [1.807, 2.05) is 0 Å². The molecular formula is C6H5F3N2O. The largest absolute Gasteiger partial charge is 0.421 e. The van der Waals surface area contributed by atoms with Gasteiger partial charge >= 0.3 is 6.18 Å². The number of hydrogen-bond acceptors (Lipinski definition) is 2. The van der Waals surface area contributed by atoms with Gasteiger partial charge in [0.05, 0.1) is 0 Å².